The van der Waals surface area contributed by atoms with Crippen LogP contribution in [0, 0.1) is 5.92 Å². The van der Waals surface area contributed by atoms with Crippen molar-refractivity contribution in [3.8, 4) is 0 Å². The Bertz CT molecular complexity index is 259. The molecule has 0 aromatic carbocycles. The van der Waals surface area contributed by atoms with E-state index in [1.54, 1.807) is 11.3 Å². The number of rotatable bonds is 6. The lowest BCUT2D eigenvalue weighted by Gasteiger charge is -2.18. The fraction of sp³-hybridized carbons (Fsp3) is 0.667. The minimum absolute atomic E-state index is 0.370. The second kappa shape index (κ2) is 6.26. The molecule has 0 aliphatic rings. The summed E-state index contributed by atoms with van der Waals surface area (Å²) in [6, 6.07) is 2.45. The van der Waals surface area contributed by atoms with E-state index in [2.05, 4.69) is 26.1 Å². The SMILES string of the molecule is CC(C)CC(C)NCC(O)c1ccsc1. The molecule has 0 fully saturated rings. The molecule has 0 radical (unpaired) electrons. The van der Waals surface area contributed by atoms with E-state index in [1.165, 1.54) is 0 Å². The molecule has 0 spiro atoms. The van der Waals surface area contributed by atoms with Gasteiger partial charge in [-0.25, -0.2) is 0 Å². The van der Waals surface area contributed by atoms with E-state index in [-0.39, 0.29) is 6.10 Å². The third-order valence-corrected chi connectivity index (χ3v) is 3.11. The molecule has 0 saturated carbocycles. The van der Waals surface area contributed by atoms with Gasteiger partial charge in [-0.1, -0.05) is 13.8 Å². The van der Waals surface area contributed by atoms with E-state index in [1.807, 2.05) is 16.8 Å². The van der Waals surface area contributed by atoms with E-state index in [4.69, 9.17) is 0 Å². The van der Waals surface area contributed by atoms with Crippen LogP contribution in [-0.2, 0) is 0 Å². The molecule has 0 amide bonds. The van der Waals surface area contributed by atoms with Crippen LogP contribution in [0.3, 0.4) is 0 Å². The maximum absolute atomic E-state index is 9.84. The third kappa shape index (κ3) is 4.78. The average molecular weight is 227 g/mol. The molecule has 1 rings (SSSR count). The minimum atomic E-state index is -0.370. The molecular formula is C12H21NOS. The highest BCUT2D eigenvalue weighted by atomic mass is 32.1. The van der Waals surface area contributed by atoms with Crippen LogP contribution in [-0.4, -0.2) is 17.7 Å². The quantitative estimate of drug-likeness (QED) is 0.783. The Hall–Kier alpha value is -0.380. The summed E-state index contributed by atoms with van der Waals surface area (Å²) in [4.78, 5) is 0. The highest BCUT2D eigenvalue weighted by molar-refractivity contribution is 7.07. The molecule has 2 atom stereocenters. The number of nitrogens with one attached hydrogen (secondary N) is 1. The van der Waals surface area contributed by atoms with Crippen molar-refractivity contribution in [2.75, 3.05) is 6.54 Å². The van der Waals surface area contributed by atoms with Crippen molar-refractivity contribution in [3.63, 3.8) is 0 Å². The monoisotopic (exact) mass is 227 g/mol. The van der Waals surface area contributed by atoms with Gasteiger partial charge >= 0.3 is 0 Å². The molecule has 0 aliphatic heterocycles. The van der Waals surface area contributed by atoms with E-state index >= 15 is 0 Å². The molecule has 3 heteroatoms. The molecule has 86 valence electrons. The summed E-state index contributed by atoms with van der Waals surface area (Å²) in [6.45, 7) is 7.24. The number of hydrogen-bond acceptors (Lipinski definition) is 3. The molecule has 1 aromatic heterocycles. The smallest absolute Gasteiger partial charge is 0.0922 e. The summed E-state index contributed by atoms with van der Waals surface area (Å²) >= 11 is 1.63. The largest absolute Gasteiger partial charge is 0.387 e. The first kappa shape index (κ1) is 12.7. The van der Waals surface area contributed by atoms with Crippen LogP contribution in [0.2, 0.25) is 0 Å². The van der Waals surface area contributed by atoms with Crippen LogP contribution in [0.15, 0.2) is 16.8 Å². The van der Waals surface area contributed by atoms with Gasteiger partial charge in [-0.2, -0.15) is 11.3 Å². The number of hydrogen-bond donors (Lipinski definition) is 2. The first-order valence-electron chi connectivity index (χ1n) is 5.53. The van der Waals surface area contributed by atoms with E-state index in [0.29, 0.717) is 18.5 Å². The van der Waals surface area contributed by atoms with Crippen LogP contribution in [0.4, 0.5) is 0 Å². The number of aliphatic hydroxyl groups excluding tert-OH is 1. The summed E-state index contributed by atoms with van der Waals surface area (Å²) < 4.78 is 0. The maximum Gasteiger partial charge on any atom is 0.0922 e. The minimum Gasteiger partial charge on any atom is -0.387 e. The molecule has 1 heterocycles. The summed E-state index contributed by atoms with van der Waals surface area (Å²) in [5, 5.41) is 17.2. The zero-order valence-electron chi connectivity index (χ0n) is 9.73. The molecule has 1 aromatic rings. The molecule has 15 heavy (non-hydrogen) atoms. The van der Waals surface area contributed by atoms with Gasteiger partial charge in [-0.15, -0.1) is 0 Å². The van der Waals surface area contributed by atoms with E-state index in [9.17, 15) is 5.11 Å². The maximum atomic E-state index is 9.84. The summed E-state index contributed by atoms with van der Waals surface area (Å²) in [5.41, 5.74) is 1.02. The van der Waals surface area contributed by atoms with Crippen LogP contribution in [0.5, 0.6) is 0 Å². The van der Waals surface area contributed by atoms with Crippen molar-refractivity contribution in [3.05, 3.63) is 22.4 Å². The Morgan fingerprint density at radius 1 is 1.40 bits per heavy atom. The lowest BCUT2D eigenvalue weighted by molar-refractivity contribution is 0.169. The van der Waals surface area contributed by atoms with E-state index in [0.717, 1.165) is 12.0 Å². The Kier molecular flexibility index (Phi) is 5.29. The molecule has 0 aliphatic carbocycles. The van der Waals surface area contributed by atoms with Crippen molar-refractivity contribution in [2.24, 2.45) is 5.92 Å². The van der Waals surface area contributed by atoms with Gasteiger partial charge in [-0.3, -0.25) is 0 Å². The average Bonchev–Trinajstić information content (AvgIpc) is 2.65. The molecule has 2 N–H and O–H groups in total. The molecule has 2 unspecified atom stereocenters. The topological polar surface area (TPSA) is 32.3 Å². The van der Waals surface area contributed by atoms with Crippen molar-refractivity contribution >= 4 is 11.3 Å². The lowest BCUT2D eigenvalue weighted by atomic mass is 10.0. The molecule has 0 saturated heterocycles. The zero-order valence-corrected chi connectivity index (χ0v) is 10.6. The summed E-state index contributed by atoms with van der Waals surface area (Å²) in [5.74, 6) is 0.700. The van der Waals surface area contributed by atoms with Gasteiger partial charge in [0.05, 0.1) is 6.10 Å². The highest BCUT2D eigenvalue weighted by Crippen LogP contribution is 2.15. The Morgan fingerprint density at radius 2 is 2.13 bits per heavy atom. The second-order valence-electron chi connectivity index (χ2n) is 4.51. The Balaban J connectivity index is 2.25. The Morgan fingerprint density at radius 3 is 2.67 bits per heavy atom. The van der Waals surface area contributed by atoms with Crippen LogP contribution >= 0.6 is 11.3 Å². The molecule has 2 nitrogen and oxygen atoms in total. The van der Waals surface area contributed by atoms with Crippen molar-refractivity contribution in [1.82, 2.24) is 5.32 Å². The van der Waals surface area contributed by atoms with Crippen molar-refractivity contribution < 1.29 is 5.11 Å². The van der Waals surface area contributed by atoms with Gasteiger partial charge in [0.2, 0.25) is 0 Å². The van der Waals surface area contributed by atoms with Gasteiger partial charge < -0.3 is 10.4 Å². The van der Waals surface area contributed by atoms with Crippen LogP contribution in [0.1, 0.15) is 38.9 Å². The van der Waals surface area contributed by atoms with Crippen molar-refractivity contribution in [1.29, 1.82) is 0 Å². The van der Waals surface area contributed by atoms with E-state index < -0.39 is 0 Å². The first-order valence-corrected chi connectivity index (χ1v) is 6.47. The summed E-state index contributed by atoms with van der Waals surface area (Å²) in [6.07, 6.45) is 0.780. The lowest BCUT2D eigenvalue weighted by Crippen LogP contribution is -2.31. The fourth-order valence-corrected chi connectivity index (χ4v) is 2.39. The fourth-order valence-electron chi connectivity index (χ4n) is 1.69. The van der Waals surface area contributed by atoms with Gasteiger partial charge in [0.25, 0.3) is 0 Å². The van der Waals surface area contributed by atoms with Gasteiger partial charge in [-0.05, 0) is 41.7 Å². The van der Waals surface area contributed by atoms with Crippen LogP contribution in [0.25, 0.3) is 0 Å². The van der Waals surface area contributed by atoms with Crippen molar-refractivity contribution in [2.45, 2.75) is 39.3 Å². The zero-order chi connectivity index (χ0) is 11.3. The molecule has 0 bridgehead atoms. The van der Waals surface area contributed by atoms with Crippen LogP contribution < -0.4 is 5.32 Å². The standard InChI is InChI=1S/C12H21NOS/c1-9(2)6-10(3)13-7-12(14)11-4-5-15-8-11/h4-5,8-10,12-14H,6-7H2,1-3H3. The summed E-state index contributed by atoms with van der Waals surface area (Å²) in [7, 11) is 0. The van der Waals surface area contributed by atoms with Gasteiger partial charge in [0.1, 0.15) is 0 Å². The first-order chi connectivity index (χ1) is 7.09. The number of thiophene rings is 1. The predicted molar refractivity (Wildman–Crippen MR) is 66.2 cm³/mol. The third-order valence-electron chi connectivity index (χ3n) is 2.41. The number of aliphatic hydroxyl groups is 1. The Labute approximate surface area is 96.3 Å². The molecular weight excluding hydrogens is 206 g/mol. The predicted octanol–water partition coefficient (Wildman–Crippen LogP) is 2.81. The van der Waals surface area contributed by atoms with Gasteiger partial charge in [0.15, 0.2) is 0 Å². The van der Waals surface area contributed by atoms with Gasteiger partial charge in [0, 0.05) is 12.6 Å². The highest BCUT2D eigenvalue weighted by Gasteiger charge is 2.10. The second-order valence-corrected chi connectivity index (χ2v) is 5.29. The normalized spacial score (nSPS) is 15.5.